The van der Waals surface area contributed by atoms with Gasteiger partial charge in [0.2, 0.25) is 0 Å². The zero-order valence-electron chi connectivity index (χ0n) is 23.4. The Morgan fingerprint density at radius 1 is 0.524 bits per heavy atom. The number of rotatable bonds is 4. The summed E-state index contributed by atoms with van der Waals surface area (Å²) in [7, 11) is 0. The maximum Gasteiger partial charge on any atom is 0.187 e. The molecule has 42 heavy (non-hydrogen) atoms. The fourth-order valence-corrected chi connectivity index (χ4v) is 5.74. The van der Waals surface area contributed by atoms with Crippen LogP contribution >= 0.6 is 0 Å². The highest BCUT2D eigenvalue weighted by molar-refractivity contribution is 5.86. The van der Waals surface area contributed by atoms with E-state index in [0.29, 0.717) is 23.2 Å². The van der Waals surface area contributed by atoms with E-state index < -0.39 is 0 Å². The Morgan fingerprint density at radius 2 is 0.952 bits per heavy atom. The Labute approximate surface area is 245 Å². The van der Waals surface area contributed by atoms with Gasteiger partial charge in [0.1, 0.15) is 0 Å². The van der Waals surface area contributed by atoms with Gasteiger partial charge in [-0.15, -0.1) is 0 Å². The van der Waals surface area contributed by atoms with E-state index >= 15 is 0 Å². The summed E-state index contributed by atoms with van der Waals surface area (Å²) in [4.78, 5) is 20.4. The summed E-state index contributed by atoms with van der Waals surface area (Å²) < 4.78 is 0. The van der Waals surface area contributed by atoms with E-state index in [4.69, 9.17) is 21.5 Å². The second-order valence-corrected chi connectivity index (χ2v) is 10.9. The first-order chi connectivity index (χ1) is 20.5. The Kier molecular flexibility index (Phi) is 6.10. The van der Waals surface area contributed by atoms with Gasteiger partial charge in [0.05, 0.1) is 17.9 Å². The van der Waals surface area contributed by atoms with Crippen LogP contribution in [0.25, 0.3) is 39.0 Å². The SMILES string of the molecule is [C-]#[N+]c1ccc(-c2nc(-c3ccccc3)nc(-c3ccc(N4c5ccccc5C(C)(C)c5ccccc54)cc3)n2)cc1. The molecule has 0 saturated heterocycles. The largest absolute Gasteiger partial charge is 0.310 e. The Balaban J connectivity index is 1.33. The third-order valence-electron chi connectivity index (χ3n) is 7.94. The van der Waals surface area contributed by atoms with E-state index in [1.165, 1.54) is 22.5 Å². The summed E-state index contributed by atoms with van der Waals surface area (Å²) in [6.07, 6.45) is 0. The molecular formula is C37H27N5. The van der Waals surface area contributed by atoms with Gasteiger partial charge in [-0.1, -0.05) is 105 Å². The normalized spacial score (nSPS) is 13.1. The first kappa shape index (κ1) is 25.4. The van der Waals surface area contributed by atoms with Crippen LogP contribution in [0.5, 0.6) is 0 Å². The van der Waals surface area contributed by atoms with Gasteiger partial charge in [0.15, 0.2) is 23.2 Å². The predicted molar refractivity (Wildman–Crippen MR) is 169 cm³/mol. The molecule has 0 aliphatic carbocycles. The predicted octanol–water partition coefficient (Wildman–Crippen LogP) is 9.53. The minimum atomic E-state index is -0.105. The van der Waals surface area contributed by atoms with Gasteiger partial charge in [0.25, 0.3) is 0 Å². The summed E-state index contributed by atoms with van der Waals surface area (Å²) in [5.41, 5.74) is 9.17. The lowest BCUT2D eigenvalue weighted by molar-refractivity contribution is 0.632. The molecule has 6 aromatic rings. The Hall–Kier alpha value is -5.60. The number of hydrogen-bond donors (Lipinski definition) is 0. The van der Waals surface area contributed by atoms with Crippen molar-refractivity contribution in [2.75, 3.05) is 4.90 Å². The molecule has 5 aromatic carbocycles. The molecule has 5 nitrogen and oxygen atoms in total. The van der Waals surface area contributed by atoms with Crippen molar-refractivity contribution < 1.29 is 0 Å². The molecule has 7 rings (SSSR count). The third kappa shape index (κ3) is 4.31. The van der Waals surface area contributed by atoms with Crippen LogP contribution in [0.2, 0.25) is 0 Å². The average molecular weight is 542 g/mol. The highest BCUT2D eigenvalue weighted by atomic mass is 15.2. The number of benzene rings is 5. The van der Waals surface area contributed by atoms with Crippen molar-refractivity contribution in [1.82, 2.24) is 15.0 Å². The second kappa shape index (κ2) is 10.1. The highest BCUT2D eigenvalue weighted by Crippen LogP contribution is 2.51. The van der Waals surface area contributed by atoms with Crippen LogP contribution in [0.15, 0.2) is 127 Å². The van der Waals surface area contributed by atoms with Gasteiger partial charge in [-0.2, -0.15) is 0 Å². The van der Waals surface area contributed by atoms with Crippen molar-refractivity contribution in [2.24, 2.45) is 0 Å². The van der Waals surface area contributed by atoms with Crippen molar-refractivity contribution in [3.8, 4) is 34.2 Å². The number of para-hydroxylation sites is 2. The third-order valence-corrected chi connectivity index (χ3v) is 7.94. The Bertz CT molecular complexity index is 1900. The van der Waals surface area contributed by atoms with Crippen LogP contribution in [0.3, 0.4) is 0 Å². The van der Waals surface area contributed by atoms with E-state index in [2.05, 4.69) is 96.4 Å². The van der Waals surface area contributed by atoms with Crippen molar-refractivity contribution >= 4 is 22.7 Å². The van der Waals surface area contributed by atoms with Crippen molar-refractivity contribution in [3.63, 3.8) is 0 Å². The van der Waals surface area contributed by atoms with E-state index in [1.807, 2.05) is 42.5 Å². The molecule has 1 aromatic heterocycles. The zero-order chi connectivity index (χ0) is 28.7. The molecule has 0 saturated carbocycles. The molecule has 5 heteroatoms. The lowest BCUT2D eigenvalue weighted by Crippen LogP contribution is -2.30. The molecule has 2 heterocycles. The summed E-state index contributed by atoms with van der Waals surface area (Å²) in [6.45, 7) is 11.9. The summed E-state index contributed by atoms with van der Waals surface area (Å²) in [5, 5.41) is 0. The van der Waals surface area contributed by atoms with Gasteiger partial charge in [-0.3, -0.25) is 0 Å². The number of anilines is 3. The van der Waals surface area contributed by atoms with Gasteiger partial charge >= 0.3 is 0 Å². The van der Waals surface area contributed by atoms with Crippen molar-refractivity contribution in [3.05, 3.63) is 150 Å². The molecule has 1 aliphatic heterocycles. The minimum absolute atomic E-state index is 0.105. The molecule has 0 spiro atoms. The number of hydrogen-bond acceptors (Lipinski definition) is 4. The van der Waals surface area contributed by atoms with Crippen LogP contribution in [0, 0.1) is 6.57 Å². The van der Waals surface area contributed by atoms with E-state index in [9.17, 15) is 0 Å². The minimum Gasteiger partial charge on any atom is -0.310 e. The van der Waals surface area contributed by atoms with Crippen LogP contribution in [0.1, 0.15) is 25.0 Å². The van der Waals surface area contributed by atoms with E-state index in [0.717, 1.165) is 22.4 Å². The monoisotopic (exact) mass is 541 g/mol. The second-order valence-electron chi connectivity index (χ2n) is 10.9. The van der Waals surface area contributed by atoms with Crippen LogP contribution in [-0.4, -0.2) is 15.0 Å². The maximum absolute atomic E-state index is 7.28. The van der Waals surface area contributed by atoms with Crippen LogP contribution in [0.4, 0.5) is 22.7 Å². The molecule has 0 bridgehead atoms. The highest BCUT2D eigenvalue weighted by Gasteiger charge is 2.36. The van der Waals surface area contributed by atoms with Crippen LogP contribution in [-0.2, 0) is 5.41 Å². The molecule has 0 fully saturated rings. The van der Waals surface area contributed by atoms with Crippen LogP contribution < -0.4 is 4.90 Å². The number of nitrogens with zero attached hydrogens (tertiary/aromatic N) is 5. The average Bonchev–Trinajstić information content (AvgIpc) is 3.05. The number of fused-ring (bicyclic) bond motifs is 2. The number of aromatic nitrogens is 3. The van der Waals surface area contributed by atoms with Gasteiger partial charge in [0, 0.05) is 27.8 Å². The van der Waals surface area contributed by atoms with Gasteiger partial charge in [-0.05, 0) is 47.5 Å². The van der Waals surface area contributed by atoms with Crippen molar-refractivity contribution in [2.45, 2.75) is 19.3 Å². The molecular weight excluding hydrogens is 514 g/mol. The fraction of sp³-hybridized carbons (Fsp3) is 0.0811. The van der Waals surface area contributed by atoms with E-state index in [1.54, 1.807) is 12.1 Å². The molecule has 200 valence electrons. The van der Waals surface area contributed by atoms with E-state index in [-0.39, 0.29) is 5.41 Å². The summed E-state index contributed by atoms with van der Waals surface area (Å²) in [5.74, 6) is 1.77. The molecule has 1 aliphatic rings. The first-order valence-corrected chi connectivity index (χ1v) is 13.9. The lowest BCUT2D eigenvalue weighted by Gasteiger charge is -2.42. The maximum atomic E-state index is 7.28. The quantitative estimate of drug-likeness (QED) is 0.209. The summed E-state index contributed by atoms with van der Waals surface area (Å²) in [6, 6.07) is 43.0. The van der Waals surface area contributed by atoms with Crippen molar-refractivity contribution in [1.29, 1.82) is 0 Å². The zero-order valence-corrected chi connectivity index (χ0v) is 23.4. The topological polar surface area (TPSA) is 46.3 Å². The standard InChI is InChI=1S/C37H27N5/c1-37(2)30-13-7-9-15-32(30)42(33-16-10-8-14-31(33)37)29-23-19-27(20-24-29)36-40-34(25-11-5-4-6-12-25)39-35(41-36)26-17-21-28(38-3)22-18-26/h4-24H,1-2H3. The smallest absolute Gasteiger partial charge is 0.187 e. The lowest BCUT2D eigenvalue weighted by atomic mass is 9.73. The molecule has 0 N–H and O–H groups in total. The molecule has 0 unspecified atom stereocenters. The molecule has 0 amide bonds. The van der Waals surface area contributed by atoms with Gasteiger partial charge < -0.3 is 4.90 Å². The molecule has 0 atom stereocenters. The summed E-state index contributed by atoms with van der Waals surface area (Å²) >= 11 is 0. The fourth-order valence-electron chi connectivity index (χ4n) is 5.74. The van der Waals surface area contributed by atoms with Gasteiger partial charge in [-0.25, -0.2) is 19.8 Å². The first-order valence-electron chi connectivity index (χ1n) is 13.9. The Morgan fingerprint density at radius 3 is 1.45 bits per heavy atom. The molecule has 0 radical (unpaired) electrons.